The lowest BCUT2D eigenvalue weighted by atomic mass is 10.2. The van der Waals surface area contributed by atoms with Crippen molar-refractivity contribution in [3.05, 3.63) is 29.8 Å². The summed E-state index contributed by atoms with van der Waals surface area (Å²) in [5.41, 5.74) is 1.13. The number of aliphatic imine (C=N–C) groups is 1. The zero-order chi connectivity index (χ0) is 19.5. The maximum Gasteiger partial charge on any atom is 0.222 e. The summed E-state index contributed by atoms with van der Waals surface area (Å²) in [5.74, 6) is 2.07. The van der Waals surface area contributed by atoms with Crippen LogP contribution in [0.2, 0.25) is 0 Å². The molecule has 2 rings (SSSR count). The molecule has 1 amide bonds. The molecule has 1 saturated heterocycles. The zero-order valence-electron chi connectivity index (χ0n) is 17.0. The molecule has 27 heavy (non-hydrogen) atoms. The highest BCUT2D eigenvalue weighted by atomic mass is 16.5. The predicted molar refractivity (Wildman–Crippen MR) is 110 cm³/mol. The molecule has 0 saturated carbocycles. The highest BCUT2D eigenvalue weighted by Crippen LogP contribution is 2.18. The Labute approximate surface area is 163 Å². The average molecular weight is 375 g/mol. The summed E-state index contributed by atoms with van der Waals surface area (Å²) in [6.07, 6.45) is 4.92. The molecule has 0 atom stereocenters. The molecular formula is C21H34N4O2. The van der Waals surface area contributed by atoms with Crippen molar-refractivity contribution in [2.75, 3.05) is 40.3 Å². The van der Waals surface area contributed by atoms with Crippen LogP contribution in [-0.2, 0) is 11.3 Å². The van der Waals surface area contributed by atoms with E-state index in [9.17, 15) is 4.79 Å². The van der Waals surface area contributed by atoms with E-state index in [2.05, 4.69) is 23.2 Å². The molecule has 0 spiro atoms. The number of amides is 1. The Bertz CT molecular complexity index is 618. The second-order valence-electron chi connectivity index (χ2n) is 6.95. The van der Waals surface area contributed by atoms with Gasteiger partial charge >= 0.3 is 0 Å². The van der Waals surface area contributed by atoms with Gasteiger partial charge in [-0.1, -0.05) is 24.6 Å². The summed E-state index contributed by atoms with van der Waals surface area (Å²) in [6, 6.07) is 8.05. The fourth-order valence-corrected chi connectivity index (χ4v) is 3.36. The van der Waals surface area contributed by atoms with Crippen LogP contribution in [-0.4, -0.2) is 62.0 Å². The van der Waals surface area contributed by atoms with Gasteiger partial charge in [0.15, 0.2) is 5.96 Å². The van der Waals surface area contributed by atoms with E-state index < -0.39 is 0 Å². The van der Waals surface area contributed by atoms with E-state index in [1.54, 1.807) is 7.11 Å². The number of hydrogen-bond acceptors (Lipinski definition) is 3. The van der Waals surface area contributed by atoms with Crippen molar-refractivity contribution in [1.29, 1.82) is 0 Å². The van der Waals surface area contributed by atoms with Gasteiger partial charge in [-0.05, 0) is 32.3 Å². The minimum atomic E-state index is 0.302. The lowest BCUT2D eigenvalue weighted by molar-refractivity contribution is -0.130. The van der Waals surface area contributed by atoms with Crippen molar-refractivity contribution in [1.82, 2.24) is 15.1 Å². The van der Waals surface area contributed by atoms with E-state index in [0.717, 1.165) is 62.7 Å². The minimum absolute atomic E-state index is 0.302. The van der Waals surface area contributed by atoms with Gasteiger partial charge < -0.3 is 19.9 Å². The molecule has 0 bridgehead atoms. The summed E-state index contributed by atoms with van der Waals surface area (Å²) in [7, 11) is 3.73. The van der Waals surface area contributed by atoms with E-state index in [4.69, 9.17) is 9.73 Å². The normalized spacial score (nSPS) is 15.4. The van der Waals surface area contributed by atoms with Crippen LogP contribution in [0, 0.1) is 0 Å². The Morgan fingerprint density at radius 3 is 2.89 bits per heavy atom. The number of benzene rings is 1. The number of likely N-dealkylation sites (tertiary alicyclic amines) is 1. The zero-order valence-corrected chi connectivity index (χ0v) is 17.0. The highest BCUT2D eigenvalue weighted by molar-refractivity contribution is 5.79. The van der Waals surface area contributed by atoms with Crippen molar-refractivity contribution >= 4 is 11.9 Å². The predicted octanol–water partition coefficient (Wildman–Crippen LogP) is 2.89. The molecule has 1 aliphatic heterocycles. The number of nitrogens with one attached hydrogen (secondary N) is 1. The lowest BCUT2D eigenvalue weighted by Gasteiger charge is -2.23. The summed E-state index contributed by atoms with van der Waals surface area (Å²) in [5, 5.41) is 3.35. The van der Waals surface area contributed by atoms with Crippen molar-refractivity contribution in [2.24, 2.45) is 4.99 Å². The first kappa shape index (κ1) is 21.1. The van der Waals surface area contributed by atoms with Gasteiger partial charge in [0.2, 0.25) is 5.91 Å². The largest absolute Gasteiger partial charge is 0.496 e. The third kappa shape index (κ3) is 6.77. The van der Waals surface area contributed by atoms with Gasteiger partial charge in [-0.25, -0.2) is 0 Å². The summed E-state index contributed by atoms with van der Waals surface area (Å²) < 4.78 is 5.45. The van der Waals surface area contributed by atoms with Crippen LogP contribution in [0.4, 0.5) is 0 Å². The van der Waals surface area contributed by atoms with E-state index in [1.165, 1.54) is 6.42 Å². The second-order valence-corrected chi connectivity index (χ2v) is 6.95. The third-order valence-electron chi connectivity index (χ3n) is 4.82. The average Bonchev–Trinajstić information content (AvgIpc) is 2.88. The molecule has 0 aromatic heterocycles. The number of ether oxygens (including phenoxy) is 1. The van der Waals surface area contributed by atoms with E-state index in [1.807, 2.05) is 30.1 Å². The summed E-state index contributed by atoms with van der Waals surface area (Å²) in [6.45, 7) is 6.03. The Balaban J connectivity index is 1.89. The van der Waals surface area contributed by atoms with Crippen molar-refractivity contribution in [3.63, 3.8) is 0 Å². The number of para-hydroxylation sites is 1. The van der Waals surface area contributed by atoms with Gasteiger partial charge in [0.05, 0.1) is 7.11 Å². The SMILES string of the molecule is CCNC(=NCCCN1CCCCCC1=O)N(C)Cc1ccccc1OC. The monoisotopic (exact) mass is 374 g/mol. The van der Waals surface area contributed by atoms with Crippen LogP contribution in [0.1, 0.15) is 44.6 Å². The molecule has 1 aliphatic rings. The molecule has 1 fully saturated rings. The smallest absolute Gasteiger partial charge is 0.222 e. The molecule has 0 radical (unpaired) electrons. The summed E-state index contributed by atoms with van der Waals surface area (Å²) in [4.78, 5) is 20.9. The molecule has 0 aliphatic carbocycles. The quantitative estimate of drug-likeness (QED) is 0.432. The van der Waals surface area contributed by atoms with Crippen LogP contribution in [0.25, 0.3) is 0 Å². The van der Waals surface area contributed by atoms with Crippen LogP contribution in [0.5, 0.6) is 5.75 Å². The highest BCUT2D eigenvalue weighted by Gasteiger charge is 2.15. The van der Waals surface area contributed by atoms with Gasteiger partial charge in [0.1, 0.15) is 5.75 Å². The fourth-order valence-electron chi connectivity index (χ4n) is 3.36. The second kappa shape index (κ2) is 11.5. The number of carbonyl (C=O) groups excluding carboxylic acids is 1. The maximum absolute atomic E-state index is 12.1. The summed E-state index contributed by atoms with van der Waals surface area (Å²) >= 11 is 0. The molecule has 6 nitrogen and oxygen atoms in total. The standard InChI is InChI=1S/C21H34N4O2/c1-4-22-21(24(2)17-18-11-7-8-12-19(18)27-3)23-14-10-16-25-15-9-5-6-13-20(25)26/h7-8,11-12H,4-6,9-10,13-17H2,1-3H3,(H,22,23). The Morgan fingerprint density at radius 1 is 1.30 bits per heavy atom. The number of nitrogens with zero attached hydrogens (tertiary/aromatic N) is 3. The van der Waals surface area contributed by atoms with Gasteiger partial charge in [0, 0.05) is 51.8 Å². The molecule has 1 aromatic carbocycles. The molecule has 1 aromatic rings. The fraction of sp³-hybridized carbons (Fsp3) is 0.619. The van der Waals surface area contributed by atoms with Gasteiger partial charge in [-0.2, -0.15) is 0 Å². The van der Waals surface area contributed by atoms with Crippen molar-refractivity contribution < 1.29 is 9.53 Å². The number of hydrogen-bond donors (Lipinski definition) is 1. The Morgan fingerprint density at radius 2 is 2.11 bits per heavy atom. The molecule has 1 N–H and O–H groups in total. The molecular weight excluding hydrogens is 340 g/mol. The molecule has 6 heteroatoms. The van der Waals surface area contributed by atoms with E-state index >= 15 is 0 Å². The third-order valence-corrected chi connectivity index (χ3v) is 4.82. The van der Waals surface area contributed by atoms with Gasteiger partial charge in [0.25, 0.3) is 0 Å². The van der Waals surface area contributed by atoms with Gasteiger partial charge in [-0.3, -0.25) is 9.79 Å². The number of rotatable bonds is 8. The lowest BCUT2D eigenvalue weighted by Crippen LogP contribution is -2.38. The number of methoxy groups -OCH3 is 1. The van der Waals surface area contributed by atoms with Crippen LogP contribution >= 0.6 is 0 Å². The molecule has 0 unspecified atom stereocenters. The van der Waals surface area contributed by atoms with Crippen molar-refractivity contribution in [3.8, 4) is 5.75 Å². The first-order valence-electron chi connectivity index (χ1n) is 10.0. The van der Waals surface area contributed by atoms with E-state index in [-0.39, 0.29) is 0 Å². The molecule has 1 heterocycles. The van der Waals surface area contributed by atoms with Gasteiger partial charge in [-0.15, -0.1) is 0 Å². The maximum atomic E-state index is 12.1. The Kier molecular flexibility index (Phi) is 8.95. The van der Waals surface area contributed by atoms with Crippen LogP contribution < -0.4 is 10.1 Å². The van der Waals surface area contributed by atoms with Crippen LogP contribution in [0.3, 0.4) is 0 Å². The first-order valence-corrected chi connectivity index (χ1v) is 10.0. The number of guanidine groups is 1. The van der Waals surface area contributed by atoms with E-state index in [0.29, 0.717) is 18.9 Å². The topological polar surface area (TPSA) is 57.2 Å². The van der Waals surface area contributed by atoms with Crippen LogP contribution in [0.15, 0.2) is 29.3 Å². The minimum Gasteiger partial charge on any atom is -0.496 e. The first-order chi connectivity index (χ1) is 13.2. The Hall–Kier alpha value is -2.24. The molecule has 150 valence electrons. The van der Waals surface area contributed by atoms with Crippen molar-refractivity contribution in [2.45, 2.75) is 45.6 Å². The number of carbonyl (C=O) groups is 1.